The molecule has 1 atom stereocenters. The quantitative estimate of drug-likeness (QED) is 0.909. The van der Waals surface area contributed by atoms with Crippen molar-refractivity contribution in [1.29, 1.82) is 0 Å². The first-order chi connectivity index (χ1) is 8.97. The maximum Gasteiger partial charge on any atom is 0.418 e. The van der Waals surface area contributed by atoms with Crippen molar-refractivity contribution in [2.75, 3.05) is 0 Å². The Labute approximate surface area is 108 Å². The second-order valence-corrected chi connectivity index (χ2v) is 3.93. The molecule has 2 aromatic rings. The van der Waals surface area contributed by atoms with E-state index in [1.54, 1.807) is 30.3 Å². The summed E-state index contributed by atoms with van der Waals surface area (Å²) in [4.78, 5) is 0. The van der Waals surface area contributed by atoms with Gasteiger partial charge in [0, 0.05) is 0 Å². The van der Waals surface area contributed by atoms with Gasteiger partial charge in [-0.05, 0) is 29.8 Å². The van der Waals surface area contributed by atoms with Crippen molar-refractivity contribution in [1.82, 2.24) is 0 Å². The molecule has 2 nitrogen and oxygen atoms in total. The highest BCUT2D eigenvalue weighted by atomic mass is 19.4. The van der Waals surface area contributed by atoms with E-state index in [9.17, 15) is 13.2 Å². The fourth-order valence-electron chi connectivity index (χ4n) is 1.56. The Morgan fingerprint density at radius 2 is 1.53 bits per heavy atom. The summed E-state index contributed by atoms with van der Waals surface area (Å²) in [5.41, 5.74) is -0.249. The highest BCUT2D eigenvalue weighted by molar-refractivity contribution is 5.34. The van der Waals surface area contributed by atoms with Gasteiger partial charge in [-0.15, -0.1) is 0 Å². The molecule has 0 aliphatic rings. The summed E-state index contributed by atoms with van der Waals surface area (Å²) in [5, 5.41) is 9.17. The van der Waals surface area contributed by atoms with Gasteiger partial charge in [0.2, 0.25) is 0 Å². The van der Waals surface area contributed by atoms with E-state index in [-0.39, 0.29) is 11.3 Å². The minimum atomic E-state index is -4.69. The number of benzene rings is 2. The lowest BCUT2D eigenvalue weighted by Gasteiger charge is -2.15. The van der Waals surface area contributed by atoms with Crippen molar-refractivity contribution < 1.29 is 23.0 Å². The van der Waals surface area contributed by atoms with E-state index in [0.717, 1.165) is 0 Å². The average Bonchev–Trinajstić information content (AvgIpc) is 2.38. The van der Waals surface area contributed by atoms with Crippen LogP contribution >= 0.6 is 0 Å². The first-order valence-electron chi connectivity index (χ1n) is 5.54. The Balaban J connectivity index is 2.20. The zero-order valence-electron chi connectivity index (χ0n) is 9.76. The van der Waals surface area contributed by atoms with E-state index in [1.807, 2.05) is 0 Å². The largest absolute Gasteiger partial charge is 0.457 e. The number of hydrogen-bond donors (Lipinski definition) is 1. The van der Waals surface area contributed by atoms with E-state index in [4.69, 9.17) is 9.84 Å². The second-order valence-electron chi connectivity index (χ2n) is 3.93. The first kappa shape index (κ1) is 13.4. The zero-order chi connectivity index (χ0) is 13.9. The van der Waals surface area contributed by atoms with Gasteiger partial charge in [0.15, 0.2) is 6.10 Å². The van der Waals surface area contributed by atoms with Crippen LogP contribution in [0.3, 0.4) is 0 Å². The minimum Gasteiger partial charge on any atom is -0.457 e. The molecule has 5 heteroatoms. The summed E-state index contributed by atoms with van der Waals surface area (Å²) in [6.07, 6.45) is -7.20. The molecular formula is C14H11F3O2. The van der Waals surface area contributed by atoms with Crippen LogP contribution in [0, 0.1) is 0 Å². The van der Waals surface area contributed by atoms with E-state index in [2.05, 4.69) is 0 Å². The van der Waals surface area contributed by atoms with Crippen LogP contribution in [0.5, 0.6) is 11.5 Å². The minimum absolute atomic E-state index is 0.243. The Hall–Kier alpha value is -2.01. The molecule has 2 rings (SSSR count). The normalized spacial score (nSPS) is 13.1. The number of hydrogen-bond acceptors (Lipinski definition) is 2. The highest BCUT2D eigenvalue weighted by Crippen LogP contribution is 2.34. The van der Waals surface area contributed by atoms with Crippen LogP contribution < -0.4 is 4.74 Å². The molecule has 19 heavy (non-hydrogen) atoms. The molecular weight excluding hydrogens is 257 g/mol. The van der Waals surface area contributed by atoms with E-state index >= 15 is 0 Å². The molecule has 0 aliphatic carbocycles. The third kappa shape index (κ3) is 3.48. The number of halogens is 3. The lowest BCUT2D eigenvalue weighted by atomic mass is 10.1. The van der Waals surface area contributed by atoms with Crippen LogP contribution in [0.25, 0.3) is 0 Å². The molecule has 1 unspecified atom stereocenters. The van der Waals surface area contributed by atoms with Crippen molar-refractivity contribution in [3.8, 4) is 11.5 Å². The molecule has 100 valence electrons. The molecule has 0 radical (unpaired) electrons. The van der Waals surface area contributed by atoms with Crippen molar-refractivity contribution in [2.24, 2.45) is 0 Å². The summed E-state index contributed by atoms with van der Waals surface area (Å²) < 4.78 is 42.6. The van der Waals surface area contributed by atoms with Crippen LogP contribution in [-0.4, -0.2) is 11.3 Å². The van der Waals surface area contributed by atoms with Crippen LogP contribution in [0.2, 0.25) is 0 Å². The van der Waals surface area contributed by atoms with Gasteiger partial charge in [0.05, 0.1) is 0 Å². The molecule has 1 N–H and O–H groups in total. The van der Waals surface area contributed by atoms with Crippen molar-refractivity contribution >= 4 is 0 Å². The molecule has 0 spiro atoms. The molecule has 0 aromatic heterocycles. The monoisotopic (exact) mass is 268 g/mol. The molecule has 0 amide bonds. The SMILES string of the molecule is OC(c1cccc(Oc2ccccc2)c1)C(F)(F)F. The van der Waals surface area contributed by atoms with Gasteiger partial charge in [-0.1, -0.05) is 30.3 Å². The van der Waals surface area contributed by atoms with Crippen molar-refractivity contribution in [3.05, 3.63) is 60.2 Å². The number of rotatable bonds is 3. The standard InChI is InChI=1S/C14H11F3O2/c15-14(16,17)13(18)10-5-4-8-12(9-10)19-11-6-2-1-3-7-11/h1-9,13,18H. The van der Waals surface area contributed by atoms with Gasteiger partial charge in [-0.3, -0.25) is 0 Å². The van der Waals surface area contributed by atoms with Crippen LogP contribution in [0.1, 0.15) is 11.7 Å². The number of ether oxygens (including phenoxy) is 1. The smallest absolute Gasteiger partial charge is 0.418 e. The predicted molar refractivity (Wildman–Crippen MR) is 64.0 cm³/mol. The Bertz CT molecular complexity index is 538. The number of aliphatic hydroxyl groups is 1. The van der Waals surface area contributed by atoms with Crippen LogP contribution in [0.4, 0.5) is 13.2 Å². The first-order valence-corrected chi connectivity index (χ1v) is 5.54. The predicted octanol–water partition coefficient (Wildman–Crippen LogP) is 4.07. The molecule has 0 heterocycles. The molecule has 0 bridgehead atoms. The summed E-state index contributed by atoms with van der Waals surface area (Å²) in [6.45, 7) is 0. The summed E-state index contributed by atoms with van der Waals surface area (Å²) in [6, 6.07) is 14.0. The van der Waals surface area contributed by atoms with Gasteiger partial charge in [0.25, 0.3) is 0 Å². The van der Waals surface area contributed by atoms with Crippen LogP contribution in [-0.2, 0) is 0 Å². The molecule has 0 saturated heterocycles. The second kappa shape index (κ2) is 5.32. The maximum atomic E-state index is 12.4. The Kier molecular flexibility index (Phi) is 3.76. The summed E-state index contributed by atoms with van der Waals surface area (Å²) in [7, 11) is 0. The number of aliphatic hydroxyl groups excluding tert-OH is 1. The van der Waals surface area contributed by atoms with Gasteiger partial charge in [-0.25, -0.2) is 0 Å². The molecule has 0 fully saturated rings. The zero-order valence-corrected chi connectivity index (χ0v) is 9.76. The Morgan fingerprint density at radius 3 is 2.16 bits per heavy atom. The molecule has 2 aromatic carbocycles. The molecule has 0 saturated carbocycles. The van der Waals surface area contributed by atoms with Gasteiger partial charge in [0.1, 0.15) is 11.5 Å². The number of alkyl halides is 3. The Morgan fingerprint density at radius 1 is 0.895 bits per heavy atom. The molecule has 0 aliphatic heterocycles. The number of para-hydroxylation sites is 1. The maximum absolute atomic E-state index is 12.4. The highest BCUT2D eigenvalue weighted by Gasteiger charge is 2.39. The lowest BCUT2D eigenvalue weighted by Crippen LogP contribution is -2.20. The summed E-state index contributed by atoms with van der Waals surface area (Å²) in [5.74, 6) is 0.758. The fraction of sp³-hybridized carbons (Fsp3) is 0.143. The van der Waals surface area contributed by atoms with Gasteiger partial charge >= 0.3 is 6.18 Å². The lowest BCUT2D eigenvalue weighted by molar-refractivity contribution is -0.206. The van der Waals surface area contributed by atoms with E-state index in [1.165, 1.54) is 24.3 Å². The van der Waals surface area contributed by atoms with Gasteiger partial charge in [-0.2, -0.15) is 13.2 Å². The van der Waals surface area contributed by atoms with Crippen molar-refractivity contribution in [2.45, 2.75) is 12.3 Å². The topological polar surface area (TPSA) is 29.5 Å². The van der Waals surface area contributed by atoms with E-state index < -0.39 is 12.3 Å². The van der Waals surface area contributed by atoms with Crippen molar-refractivity contribution in [3.63, 3.8) is 0 Å². The van der Waals surface area contributed by atoms with E-state index in [0.29, 0.717) is 5.75 Å². The third-order valence-corrected chi connectivity index (χ3v) is 2.46. The fourth-order valence-corrected chi connectivity index (χ4v) is 1.56. The average molecular weight is 268 g/mol. The summed E-state index contributed by atoms with van der Waals surface area (Å²) >= 11 is 0. The van der Waals surface area contributed by atoms with Crippen LogP contribution in [0.15, 0.2) is 54.6 Å². The van der Waals surface area contributed by atoms with Gasteiger partial charge < -0.3 is 9.84 Å². The third-order valence-electron chi connectivity index (χ3n) is 2.46.